The molecular formula is C26H47NO2. The number of aliphatic hydroxyl groups excluding tert-OH is 1. The van der Waals surface area contributed by atoms with E-state index in [9.17, 15) is 10.2 Å². The molecule has 0 radical (unpaired) electrons. The first-order valence-electron chi connectivity index (χ1n) is 12.4. The van der Waals surface area contributed by atoms with E-state index < -0.39 is 5.60 Å². The number of nitrogens with zero attached hydrogens (tertiary/aromatic N) is 1. The summed E-state index contributed by atoms with van der Waals surface area (Å²) in [4.78, 5) is 2.51. The Morgan fingerprint density at radius 1 is 1.14 bits per heavy atom. The minimum absolute atomic E-state index is 0.214. The quantitative estimate of drug-likeness (QED) is 0.287. The Morgan fingerprint density at radius 2 is 1.90 bits per heavy atom. The first kappa shape index (κ1) is 24.6. The van der Waals surface area contributed by atoms with Gasteiger partial charge in [0.15, 0.2) is 0 Å². The highest BCUT2D eigenvalue weighted by Crippen LogP contribution is 2.48. The number of allylic oxidation sites excluding steroid dienone is 2. The van der Waals surface area contributed by atoms with Gasteiger partial charge in [0.25, 0.3) is 0 Å². The largest absolute Gasteiger partial charge is 0.392 e. The van der Waals surface area contributed by atoms with Crippen LogP contribution in [-0.4, -0.2) is 46.5 Å². The minimum atomic E-state index is -0.611. The van der Waals surface area contributed by atoms with Crippen molar-refractivity contribution in [2.45, 2.75) is 104 Å². The molecule has 0 aromatic rings. The van der Waals surface area contributed by atoms with E-state index in [1.54, 1.807) is 5.57 Å². The van der Waals surface area contributed by atoms with Gasteiger partial charge in [-0.05, 0) is 83.3 Å². The zero-order valence-electron chi connectivity index (χ0n) is 19.6. The van der Waals surface area contributed by atoms with Crippen LogP contribution in [-0.2, 0) is 0 Å². The second-order valence-electron chi connectivity index (χ2n) is 9.81. The Balaban J connectivity index is 1.73. The Kier molecular flexibility index (Phi) is 10.4. The lowest BCUT2D eigenvalue weighted by molar-refractivity contribution is 0.0513. The maximum absolute atomic E-state index is 10.5. The molecule has 1 fully saturated rings. The standard InChI is InChI=1S/C26H47NO2/c1-5-8-15-26(4,29)16-12-14-23-24-19-21(18-22(24)20-25(23)28)13-10-9-11-17-27(6-2)7-3/h12,14,18,22-25,28-29H,5-11,13,15-17,19-20H2,1-4H3/t22-,23+,24-,25+,26+/m0/s1. The number of hydrogen-bond donors (Lipinski definition) is 2. The predicted molar refractivity (Wildman–Crippen MR) is 124 cm³/mol. The molecule has 2 aliphatic rings. The Morgan fingerprint density at radius 3 is 2.59 bits per heavy atom. The lowest BCUT2D eigenvalue weighted by atomic mass is 9.87. The summed E-state index contributed by atoms with van der Waals surface area (Å²) in [5, 5.41) is 21.0. The summed E-state index contributed by atoms with van der Waals surface area (Å²) in [6, 6.07) is 0. The van der Waals surface area contributed by atoms with Gasteiger partial charge in [-0.25, -0.2) is 0 Å². The number of fused-ring (bicyclic) bond motifs is 1. The summed E-state index contributed by atoms with van der Waals surface area (Å²) in [6.45, 7) is 12.2. The molecule has 0 unspecified atom stereocenters. The Labute approximate surface area is 180 Å². The Bertz CT molecular complexity index is 521. The van der Waals surface area contributed by atoms with E-state index in [0.717, 1.165) is 38.8 Å². The van der Waals surface area contributed by atoms with Crippen LogP contribution in [0.5, 0.6) is 0 Å². The van der Waals surface area contributed by atoms with Crippen LogP contribution in [0.3, 0.4) is 0 Å². The first-order chi connectivity index (χ1) is 13.9. The second-order valence-corrected chi connectivity index (χ2v) is 9.81. The number of unbranched alkanes of at least 4 members (excludes halogenated alkanes) is 3. The van der Waals surface area contributed by atoms with Crippen LogP contribution in [0.25, 0.3) is 0 Å². The molecule has 5 atom stereocenters. The van der Waals surface area contributed by atoms with Gasteiger partial charge in [-0.2, -0.15) is 0 Å². The first-order valence-corrected chi connectivity index (χ1v) is 12.4. The van der Waals surface area contributed by atoms with E-state index >= 15 is 0 Å². The highest BCUT2D eigenvalue weighted by atomic mass is 16.3. The van der Waals surface area contributed by atoms with E-state index in [1.165, 1.54) is 38.6 Å². The molecule has 0 saturated heterocycles. The van der Waals surface area contributed by atoms with Gasteiger partial charge in [0, 0.05) is 5.92 Å². The molecule has 0 aromatic heterocycles. The third kappa shape index (κ3) is 7.84. The summed E-state index contributed by atoms with van der Waals surface area (Å²) in [7, 11) is 0. The monoisotopic (exact) mass is 405 g/mol. The third-order valence-electron chi connectivity index (χ3n) is 7.30. The van der Waals surface area contributed by atoms with E-state index in [0.29, 0.717) is 18.3 Å². The molecule has 2 rings (SSSR count). The van der Waals surface area contributed by atoms with Crippen LogP contribution in [0.4, 0.5) is 0 Å². The van der Waals surface area contributed by atoms with E-state index in [-0.39, 0.29) is 12.0 Å². The van der Waals surface area contributed by atoms with Crippen molar-refractivity contribution in [1.29, 1.82) is 0 Å². The normalized spacial score (nSPS) is 28.9. The van der Waals surface area contributed by atoms with Gasteiger partial charge < -0.3 is 15.1 Å². The van der Waals surface area contributed by atoms with Gasteiger partial charge in [0.1, 0.15) is 0 Å². The predicted octanol–water partition coefficient (Wildman–Crippen LogP) is 5.72. The van der Waals surface area contributed by atoms with E-state index in [2.05, 4.69) is 43.9 Å². The number of hydrogen-bond acceptors (Lipinski definition) is 3. The lowest BCUT2D eigenvalue weighted by Gasteiger charge is -2.22. The molecule has 3 nitrogen and oxygen atoms in total. The average molecular weight is 406 g/mol. The van der Waals surface area contributed by atoms with Gasteiger partial charge in [-0.15, -0.1) is 0 Å². The second kappa shape index (κ2) is 12.3. The van der Waals surface area contributed by atoms with Crippen LogP contribution in [0.15, 0.2) is 23.8 Å². The van der Waals surface area contributed by atoms with Crippen molar-refractivity contribution in [3.05, 3.63) is 23.8 Å². The van der Waals surface area contributed by atoms with E-state index in [4.69, 9.17) is 0 Å². The fourth-order valence-electron chi connectivity index (χ4n) is 5.33. The molecule has 0 heterocycles. The fraction of sp³-hybridized carbons (Fsp3) is 0.846. The molecule has 3 heteroatoms. The van der Waals surface area contributed by atoms with Crippen molar-refractivity contribution in [2.75, 3.05) is 19.6 Å². The molecule has 2 N–H and O–H groups in total. The SMILES string of the molecule is CCCC[C@@](C)(O)CC=C[C@@H]1[C@H]2CC(CCCCCN(CC)CC)=C[C@H]2C[C@H]1O. The minimum Gasteiger partial charge on any atom is -0.392 e. The van der Waals surface area contributed by atoms with Crippen LogP contribution in [0.1, 0.15) is 91.9 Å². The van der Waals surface area contributed by atoms with Gasteiger partial charge in [-0.3, -0.25) is 0 Å². The molecule has 0 aromatic carbocycles. The van der Waals surface area contributed by atoms with Crippen molar-refractivity contribution < 1.29 is 10.2 Å². The zero-order chi connectivity index (χ0) is 21.3. The molecule has 168 valence electrons. The number of rotatable bonds is 14. The summed E-state index contributed by atoms with van der Waals surface area (Å²) in [6.07, 6.45) is 17.6. The van der Waals surface area contributed by atoms with Gasteiger partial charge in [0.2, 0.25) is 0 Å². The maximum Gasteiger partial charge on any atom is 0.0654 e. The van der Waals surface area contributed by atoms with Crippen LogP contribution < -0.4 is 0 Å². The van der Waals surface area contributed by atoms with Gasteiger partial charge in [-0.1, -0.05) is 63.8 Å². The molecule has 0 spiro atoms. The highest BCUT2D eigenvalue weighted by molar-refractivity contribution is 5.20. The van der Waals surface area contributed by atoms with Crippen molar-refractivity contribution >= 4 is 0 Å². The molecule has 0 amide bonds. The summed E-state index contributed by atoms with van der Waals surface area (Å²) in [5.41, 5.74) is 1.02. The molecular weight excluding hydrogens is 358 g/mol. The van der Waals surface area contributed by atoms with Crippen LogP contribution in [0, 0.1) is 17.8 Å². The number of aliphatic hydroxyl groups is 2. The Hall–Kier alpha value is -0.640. The van der Waals surface area contributed by atoms with E-state index in [1.807, 2.05) is 6.92 Å². The fourth-order valence-corrected chi connectivity index (χ4v) is 5.33. The third-order valence-corrected chi connectivity index (χ3v) is 7.30. The summed E-state index contributed by atoms with van der Waals surface area (Å²) >= 11 is 0. The van der Waals surface area contributed by atoms with Crippen molar-refractivity contribution in [3.63, 3.8) is 0 Å². The molecule has 0 bridgehead atoms. The summed E-state index contributed by atoms with van der Waals surface area (Å²) < 4.78 is 0. The van der Waals surface area contributed by atoms with Gasteiger partial charge >= 0.3 is 0 Å². The van der Waals surface area contributed by atoms with Crippen molar-refractivity contribution in [1.82, 2.24) is 4.90 Å². The van der Waals surface area contributed by atoms with Crippen LogP contribution >= 0.6 is 0 Å². The van der Waals surface area contributed by atoms with Crippen molar-refractivity contribution in [2.24, 2.45) is 17.8 Å². The summed E-state index contributed by atoms with van der Waals surface area (Å²) in [5.74, 6) is 1.40. The topological polar surface area (TPSA) is 43.7 Å². The van der Waals surface area contributed by atoms with Gasteiger partial charge in [0.05, 0.1) is 11.7 Å². The average Bonchev–Trinajstić information content (AvgIpc) is 3.20. The lowest BCUT2D eigenvalue weighted by Crippen LogP contribution is -2.23. The van der Waals surface area contributed by atoms with Crippen LogP contribution in [0.2, 0.25) is 0 Å². The zero-order valence-corrected chi connectivity index (χ0v) is 19.6. The molecule has 1 saturated carbocycles. The smallest absolute Gasteiger partial charge is 0.0654 e. The molecule has 0 aliphatic heterocycles. The molecule has 2 aliphatic carbocycles. The molecule has 29 heavy (non-hydrogen) atoms. The van der Waals surface area contributed by atoms with Crippen molar-refractivity contribution in [3.8, 4) is 0 Å². The highest BCUT2D eigenvalue weighted by Gasteiger charge is 2.43. The maximum atomic E-state index is 10.5.